The lowest BCUT2D eigenvalue weighted by molar-refractivity contribution is -0.145. The molecular formula is C53H62O15. The summed E-state index contributed by atoms with van der Waals surface area (Å²) < 4.78 is 44.0. The van der Waals surface area contributed by atoms with E-state index in [1.165, 1.54) is 18.2 Å². The number of hydrogen-bond donors (Lipinski definition) is 0. The van der Waals surface area contributed by atoms with Gasteiger partial charge >= 0.3 is 35.8 Å². The van der Waals surface area contributed by atoms with E-state index in [1.807, 2.05) is 0 Å². The van der Waals surface area contributed by atoms with Crippen molar-refractivity contribution in [2.45, 2.75) is 103 Å². The highest BCUT2D eigenvalue weighted by molar-refractivity contribution is 5.85. The van der Waals surface area contributed by atoms with Crippen LogP contribution in [0.4, 0.5) is 0 Å². The van der Waals surface area contributed by atoms with Gasteiger partial charge in [0, 0.05) is 12.2 Å². The van der Waals surface area contributed by atoms with Crippen LogP contribution in [0.5, 0.6) is 34.5 Å². The highest BCUT2D eigenvalue weighted by Gasteiger charge is 2.34. The van der Waals surface area contributed by atoms with Crippen molar-refractivity contribution >= 4 is 42.1 Å². The third kappa shape index (κ3) is 17.8. The lowest BCUT2D eigenvalue weighted by Crippen LogP contribution is -2.30. The fourth-order valence-corrected chi connectivity index (χ4v) is 7.86. The first-order valence-corrected chi connectivity index (χ1v) is 23.5. The Kier molecular flexibility index (Phi) is 21.8. The molecule has 0 unspecified atom stereocenters. The summed E-state index contributed by atoms with van der Waals surface area (Å²) in [5.41, 5.74) is 0.0431. The van der Waals surface area contributed by atoms with Crippen LogP contribution < -0.4 is 28.4 Å². The molecule has 364 valence electrons. The maximum atomic E-state index is 13.2. The van der Waals surface area contributed by atoms with Crippen molar-refractivity contribution in [3.05, 3.63) is 97.6 Å². The zero-order valence-corrected chi connectivity index (χ0v) is 38.6. The Labute approximate surface area is 397 Å². The summed E-state index contributed by atoms with van der Waals surface area (Å²) in [6.07, 6.45) is 13.2. The quantitative estimate of drug-likeness (QED) is 0.0230. The van der Waals surface area contributed by atoms with Gasteiger partial charge in [0.2, 0.25) is 0 Å². The van der Waals surface area contributed by atoms with Crippen LogP contribution in [0.3, 0.4) is 0 Å². The Balaban J connectivity index is 0.949. The van der Waals surface area contributed by atoms with Crippen LogP contribution in [0.1, 0.15) is 113 Å². The molecule has 0 N–H and O–H groups in total. The number of unbranched alkanes of at least 4 members (excludes halogenated alkanes) is 6. The summed E-state index contributed by atoms with van der Waals surface area (Å²) >= 11 is 0. The van der Waals surface area contributed by atoms with Gasteiger partial charge in [-0.3, -0.25) is 24.0 Å². The van der Waals surface area contributed by atoms with Crippen molar-refractivity contribution in [3.63, 3.8) is 0 Å². The van der Waals surface area contributed by atoms with Crippen LogP contribution in [-0.4, -0.2) is 68.5 Å². The molecule has 5 rings (SSSR count). The lowest BCUT2D eigenvalue weighted by atomic mass is 9.82. The second-order valence-corrected chi connectivity index (χ2v) is 16.8. The minimum atomic E-state index is -0.517. The van der Waals surface area contributed by atoms with Crippen molar-refractivity contribution in [1.82, 2.24) is 0 Å². The number of carbonyl (C=O) groups is 7. The summed E-state index contributed by atoms with van der Waals surface area (Å²) in [6.45, 7) is 8.54. The molecule has 0 bridgehead atoms. The molecule has 0 amide bonds. The zero-order chi connectivity index (χ0) is 48.5. The summed E-state index contributed by atoms with van der Waals surface area (Å²) in [5.74, 6) is -1.97. The largest absolute Gasteiger partial charge is 0.494 e. The van der Waals surface area contributed by atoms with E-state index in [1.54, 1.807) is 48.5 Å². The average Bonchev–Trinajstić information content (AvgIpc) is 3.36. The summed E-state index contributed by atoms with van der Waals surface area (Å²) in [5, 5.41) is 0. The van der Waals surface area contributed by atoms with Gasteiger partial charge in [-0.2, -0.15) is 0 Å². The highest BCUT2D eigenvalue weighted by Crippen LogP contribution is 2.35. The van der Waals surface area contributed by atoms with Crippen LogP contribution in [0, 0.1) is 23.7 Å². The number of rotatable bonds is 27. The van der Waals surface area contributed by atoms with Crippen LogP contribution in [0.15, 0.2) is 92.0 Å². The maximum Gasteiger partial charge on any atom is 0.330 e. The summed E-state index contributed by atoms with van der Waals surface area (Å²) in [4.78, 5) is 86.3. The van der Waals surface area contributed by atoms with Gasteiger partial charge in [-0.15, -0.1) is 0 Å². The Morgan fingerprint density at radius 2 is 0.750 bits per heavy atom. The van der Waals surface area contributed by atoms with Crippen LogP contribution >= 0.6 is 0 Å². The molecule has 0 heterocycles. The van der Waals surface area contributed by atoms with Crippen LogP contribution in [0.2, 0.25) is 0 Å². The number of ether oxygens (including phenoxy) is 8. The first kappa shape index (κ1) is 52.2. The van der Waals surface area contributed by atoms with E-state index in [4.69, 9.17) is 37.9 Å². The fraction of sp³-hybridized carbons (Fsp3) is 0.453. The van der Waals surface area contributed by atoms with Crippen molar-refractivity contribution in [2.75, 3.05) is 26.4 Å². The van der Waals surface area contributed by atoms with E-state index in [0.717, 1.165) is 63.5 Å². The molecule has 2 fully saturated rings. The second kappa shape index (κ2) is 28.4. The molecule has 0 aromatic heterocycles. The smallest absolute Gasteiger partial charge is 0.330 e. The molecule has 0 atom stereocenters. The molecule has 0 spiro atoms. The van der Waals surface area contributed by atoms with Crippen LogP contribution in [-0.2, 0) is 38.2 Å². The van der Waals surface area contributed by atoms with Crippen molar-refractivity contribution in [3.8, 4) is 34.5 Å². The standard InChI is InChI=1S/C53H62O15/c1-3-48(55)63-33-11-7-5-9-31-61-42-21-25-44(26-22-42)65-50(57)37-13-15-39(16-14-37)52(59)67-46-29-30-47(41(35-46)36-54)68-53(60)40-19-17-38(18-20-40)51(58)66-45-27-23-43(24-28-45)62-32-10-6-8-12-34-64-49(56)4-2/h3-4,21-30,35-40H,1-2,5-20,31-34H2/t37?,38-,39?,40-. The van der Waals surface area contributed by atoms with Gasteiger partial charge in [0.1, 0.15) is 34.5 Å². The predicted molar refractivity (Wildman–Crippen MR) is 248 cm³/mol. The number of hydrogen-bond acceptors (Lipinski definition) is 15. The highest BCUT2D eigenvalue weighted by atomic mass is 16.6. The van der Waals surface area contributed by atoms with Crippen molar-refractivity contribution in [1.29, 1.82) is 0 Å². The van der Waals surface area contributed by atoms with E-state index in [-0.39, 0.29) is 40.8 Å². The molecule has 2 aliphatic rings. The first-order valence-electron chi connectivity index (χ1n) is 23.5. The number of esters is 6. The molecular weight excluding hydrogens is 877 g/mol. The lowest BCUT2D eigenvalue weighted by Gasteiger charge is -2.26. The van der Waals surface area contributed by atoms with E-state index >= 15 is 0 Å². The SMILES string of the molecule is C=CC(=O)OCCCCCCOc1ccc(OC(=O)C2CCC(C(=O)Oc3ccc(OC(=O)[C@H]4CC[C@H](C(=O)Oc5ccc(OCCCCCCOC(=O)C=C)cc5)CC4)c(C=O)c3)CC2)cc1. The molecule has 2 aliphatic carbocycles. The van der Waals surface area contributed by atoms with Gasteiger partial charge < -0.3 is 37.9 Å². The molecule has 68 heavy (non-hydrogen) atoms. The Bertz CT molecular complexity index is 2150. The topological polar surface area (TPSA) is 193 Å². The average molecular weight is 939 g/mol. The maximum absolute atomic E-state index is 13.2. The fourth-order valence-electron chi connectivity index (χ4n) is 7.86. The molecule has 0 radical (unpaired) electrons. The molecule has 2 saturated carbocycles. The molecule has 0 saturated heterocycles. The third-order valence-electron chi connectivity index (χ3n) is 11.8. The van der Waals surface area contributed by atoms with E-state index in [9.17, 15) is 33.6 Å². The van der Waals surface area contributed by atoms with Gasteiger partial charge in [-0.25, -0.2) is 9.59 Å². The summed E-state index contributed by atoms with van der Waals surface area (Å²) in [6, 6.07) is 17.9. The van der Waals surface area contributed by atoms with Gasteiger partial charge in [-0.05, 0) is 169 Å². The first-order chi connectivity index (χ1) is 33.0. The van der Waals surface area contributed by atoms with Crippen LogP contribution in [0.25, 0.3) is 0 Å². The zero-order valence-electron chi connectivity index (χ0n) is 38.6. The molecule has 0 aliphatic heterocycles. The third-order valence-corrected chi connectivity index (χ3v) is 11.8. The molecule has 3 aromatic carbocycles. The molecule has 3 aromatic rings. The van der Waals surface area contributed by atoms with Crippen molar-refractivity contribution in [2.24, 2.45) is 23.7 Å². The summed E-state index contributed by atoms with van der Waals surface area (Å²) in [7, 11) is 0. The number of benzene rings is 3. The minimum absolute atomic E-state index is 0.0395. The molecule has 15 heteroatoms. The van der Waals surface area contributed by atoms with Gasteiger partial charge in [0.05, 0.1) is 55.7 Å². The number of carbonyl (C=O) groups excluding carboxylic acids is 7. The van der Waals surface area contributed by atoms with E-state index in [2.05, 4.69) is 13.2 Å². The Hall–Kier alpha value is -6.77. The Morgan fingerprint density at radius 1 is 0.426 bits per heavy atom. The van der Waals surface area contributed by atoms with E-state index < -0.39 is 35.7 Å². The van der Waals surface area contributed by atoms with Gasteiger partial charge in [-0.1, -0.05) is 13.2 Å². The normalized spacial score (nSPS) is 17.6. The van der Waals surface area contributed by atoms with Gasteiger partial charge in [0.15, 0.2) is 6.29 Å². The monoisotopic (exact) mass is 938 g/mol. The number of aldehydes is 1. The predicted octanol–water partition coefficient (Wildman–Crippen LogP) is 9.47. The minimum Gasteiger partial charge on any atom is -0.494 e. The Morgan fingerprint density at radius 3 is 1.12 bits per heavy atom. The molecule has 15 nitrogen and oxygen atoms in total. The van der Waals surface area contributed by atoms with E-state index in [0.29, 0.717) is 107 Å². The van der Waals surface area contributed by atoms with Crippen molar-refractivity contribution < 1.29 is 71.5 Å². The van der Waals surface area contributed by atoms with Gasteiger partial charge in [0.25, 0.3) is 0 Å². The second-order valence-electron chi connectivity index (χ2n) is 16.8.